The summed E-state index contributed by atoms with van der Waals surface area (Å²) in [6.45, 7) is 4.45. The van der Waals surface area contributed by atoms with Gasteiger partial charge in [-0.05, 0) is 18.2 Å². The van der Waals surface area contributed by atoms with Gasteiger partial charge in [-0.25, -0.2) is 0 Å². The second-order valence-electron chi connectivity index (χ2n) is 5.49. The van der Waals surface area contributed by atoms with Gasteiger partial charge in [-0.1, -0.05) is 32.4 Å². The fraction of sp³-hybridized carbons (Fsp3) is 0.500. The van der Waals surface area contributed by atoms with E-state index in [0.717, 1.165) is 0 Å². The third-order valence-corrected chi connectivity index (χ3v) is 3.75. The molecule has 0 radical (unpaired) electrons. The molecule has 0 aromatic heterocycles. The summed E-state index contributed by atoms with van der Waals surface area (Å²) in [5.74, 6) is -0.232. The Morgan fingerprint density at radius 3 is 2.50 bits per heavy atom. The van der Waals surface area contributed by atoms with E-state index in [2.05, 4.69) is 5.32 Å². The van der Waals surface area contributed by atoms with Crippen molar-refractivity contribution in [1.29, 1.82) is 0 Å². The summed E-state index contributed by atoms with van der Waals surface area (Å²) in [6.07, 6.45) is -4.46. The first-order chi connectivity index (χ1) is 9.96. The highest BCUT2D eigenvalue weighted by molar-refractivity contribution is 8.01. The number of nitrogens with one attached hydrogen (secondary N) is 1. The van der Waals surface area contributed by atoms with Gasteiger partial charge < -0.3 is 10.1 Å². The first-order valence-corrected chi connectivity index (χ1v) is 7.75. The van der Waals surface area contributed by atoms with Gasteiger partial charge in [0, 0.05) is 9.77 Å². The Labute approximate surface area is 136 Å². The number of hydrogen-bond acceptors (Lipinski definition) is 3. The van der Waals surface area contributed by atoms with E-state index in [1.807, 2.05) is 20.8 Å². The lowest BCUT2D eigenvalue weighted by Crippen LogP contribution is -2.21. The van der Waals surface area contributed by atoms with E-state index in [-0.39, 0.29) is 32.9 Å². The van der Waals surface area contributed by atoms with Crippen molar-refractivity contribution >= 4 is 35.0 Å². The van der Waals surface area contributed by atoms with Crippen LogP contribution in [0.5, 0.6) is 5.75 Å². The van der Waals surface area contributed by atoms with Crippen LogP contribution < -0.4 is 10.1 Å². The molecular weight excluding hydrogens is 339 g/mol. The average Bonchev–Trinajstić information content (AvgIpc) is 2.33. The van der Waals surface area contributed by atoms with Crippen molar-refractivity contribution in [2.45, 2.75) is 31.7 Å². The van der Waals surface area contributed by atoms with E-state index in [9.17, 15) is 18.0 Å². The van der Waals surface area contributed by atoms with Crippen LogP contribution in [0.3, 0.4) is 0 Å². The second kappa shape index (κ2) is 7.46. The monoisotopic (exact) mass is 355 g/mol. The molecule has 0 bridgehead atoms. The summed E-state index contributed by atoms with van der Waals surface area (Å²) in [5.41, 5.74) is 0.122. The topological polar surface area (TPSA) is 38.3 Å². The van der Waals surface area contributed by atoms with Crippen LogP contribution in [0.1, 0.15) is 20.8 Å². The number of carbonyl (C=O) groups is 1. The molecule has 0 aliphatic heterocycles. The molecule has 8 heteroatoms. The quantitative estimate of drug-likeness (QED) is 0.828. The van der Waals surface area contributed by atoms with Crippen molar-refractivity contribution in [2.75, 3.05) is 17.7 Å². The number of ether oxygens (including phenoxy) is 1. The maximum absolute atomic E-state index is 12.2. The molecule has 0 fully saturated rings. The van der Waals surface area contributed by atoms with Gasteiger partial charge in [0.2, 0.25) is 5.91 Å². The number of anilines is 1. The molecule has 3 nitrogen and oxygen atoms in total. The fourth-order valence-electron chi connectivity index (χ4n) is 1.35. The zero-order chi connectivity index (χ0) is 17.0. The summed E-state index contributed by atoms with van der Waals surface area (Å²) in [7, 11) is 0. The lowest BCUT2D eigenvalue weighted by Gasteiger charge is -2.18. The molecule has 0 heterocycles. The average molecular weight is 356 g/mol. The molecule has 0 aliphatic rings. The first-order valence-electron chi connectivity index (χ1n) is 6.39. The minimum absolute atomic E-state index is 0.0733. The minimum Gasteiger partial charge on any atom is -0.482 e. The highest BCUT2D eigenvalue weighted by atomic mass is 35.5. The van der Waals surface area contributed by atoms with E-state index >= 15 is 0 Å². The molecule has 1 amide bonds. The predicted molar refractivity (Wildman–Crippen MR) is 83.8 cm³/mol. The molecule has 0 atom stereocenters. The van der Waals surface area contributed by atoms with Gasteiger partial charge in [0.05, 0.1) is 11.4 Å². The number of carbonyl (C=O) groups excluding carboxylic acids is 1. The standard InChI is InChI=1S/C14H17ClF3NO2S/c1-13(2,3)22-7-12(20)19-10-6-9(15)4-5-11(10)21-8-14(16,17)18/h4-6H,7-8H2,1-3H3,(H,19,20). The molecule has 124 valence electrons. The van der Waals surface area contributed by atoms with Crippen LogP contribution in [0.4, 0.5) is 18.9 Å². The molecule has 0 spiro atoms. The van der Waals surface area contributed by atoms with Crippen LogP contribution in [0.25, 0.3) is 0 Å². The summed E-state index contributed by atoms with van der Waals surface area (Å²) >= 11 is 7.23. The van der Waals surface area contributed by atoms with Crippen molar-refractivity contribution in [3.8, 4) is 5.75 Å². The maximum Gasteiger partial charge on any atom is 0.422 e. The van der Waals surface area contributed by atoms with Gasteiger partial charge in [0.1, 0.15) is 5.75 Å². The van der Waals surface area contributed by atoms with Crippen LogP contribution in [0.15, 0.2) is 18.2 Å². The van der Waals surface area contributed by atoms with Gasteiger partial charge in [0.15, 0.2) is 6.61 Å². The van der Waals surface area contributed by atoms with E-state index in [4.69, 9.17) is 16.3 Å². The lowest BCUT2D eigenvalue weighted by molar-refractivity contribution is -0.153. The molecular formula is C14H17ClF3NO2S. The molecule has 1 rings (SSSR count). The summed E-state index contributed by atoms with van der Waals surface area (Å²) in [4.78, 5) is 11.9. The lowest BCUT2D eigenvalue weighted by atomic mass is 10.3. The summed E-state index contributed by atoms with van der Waals surface area (Å²) in [5, 5.41) is 2.81. The molecule has 22 heavy (non-hydrogen) atoms. The van der Waals surface area contributed by atoms with Crippen LogP contribution in [0, 0.1) is 0 Å². The van der Waals surface area contributed by atoms with E-state index in [0.29, 0.717) is 0 Å². The summed E-state index contributed by atoms with van der Waals surface area (Å²) < 4.78 is 41.3. The normalized spacial score (nSPS) is 12.1. The van der Waals surface area contributed by atoms with Crippen molar-refractivity contribution in [3.05, 3.63) is 23.2 Å². The number of hydrogen-bond donors (Lipinski definition) is 1. The Hall–Kier alpha value is -1.08. The number of alkyl halides is 3. The van der Waals surface area contributed by atoms with Crippen LogP contribution in [-0.2, 0) is 4.79 Å². The minimum atomic E-state index is -4.46. The maximum atomic E-state index is 12.2. The smallest absolute Gasteiger partial charge is 0.422 e. The van der Waals surface area contributed by atoms with Crippen LogP contribution in [0.2, 0.25) is 5.02 Å². The van der Waals surface area contributed by atoms with Gasteiger partial charge in [-0.3, -0.25) is 4.79 Å². The SMILES string of the molecule is CC(C)(C)SCC(=O)Nc1cc(Cl)ccc1OCC(F)(F)F. The molecule has 0 aliphatic carbocycles. The molecule has 1 N–H and O–H groups in total. The molecule has 0 saturated carbocycles. The molecule has 0 saturated heterocycles. The number of amides is 1. The van der Waals surface area contributed by atoms with Crippen molar-refractivity contribution in [1.82, 2.24) is 0 Å². The fourth-order valence-corrected chi connectivity index (χ4v) is 2.16. The molecule has 1 aromatic rings. The van der Waals surface area contributed by atoms with Gasteiger partial charge >= 0.3 is 6.18 Å². The van der Waals surface area contributed by atoms with Crippen molar-refractivity contribution < 1.29 is 22.7 Å². The highest BCUT2D eigenvalue weighted by Gasteiger charge is 2.29. The van der Waals surface area contributed by atoms with Crippen LogP contribution in [-0.4, -0.2) is 29.2 Å². The molecule has 0 unspecified atom stereocenters. The Bertz CT molecular complexity index is 530. The third-order valence-electron chi connectivity index (χ3n) is 2.24. The van der Waals surface area contributed by atoms with E-state index in [1.54, 1.807) is 0 Å². The van der Waals surface area contributed by atoms with Crippen molar-refractivity contribution in [2.24, 2.45) is 0 Å². The van der Waals surface area contributed by atoms with Gasteiger partial charge in [0.25, 0.3) is 0 Å². The number of halogens is 4. The van der Waals surface area contributed by atoms with Crippen molar-refractivity contribution in [3.63, 3.8) is 0 Å². The number of thioether (sulfide) groups is 1. The van der Waals surface area contributed by atoms with E-state index in [1.165, 1.54) is 30.0 Å². The van der Waals surface area contributed by atoms with Crippen LogP contribution >= 0.6 is 23.4 Å². The predicted octanol–water partition coefficient (Wildman–Crippen LogP) is 4.75. The Kier molecular flexibility index (Phi) is 6.43. The Balaban J connectivity index is 2.75. The van der Waals surface area contributed by atoms with E-state index < -0.39 is 12.8 Å². The highest BCUT2D eigenvalue weighted by Crippen LogP contribution is 2.30. The zero-order valence-electron chi connectivity index (χ0n) is 12.4. The Morgan fingerprint density at radius 2 is 1.95 bits per heavy atom. The van der Waals surface area contributed by atoms with Gasteiger partial charge in [-0.2, -0.15) is 13.2 Å². The Morgan fingerprint density at radius 1 is 1.32 bits per heavy atom. The number of benzene rings is 1. The largest absolute Gasteiger partial charge is 0.482 e. The third kappa shape index (κ3) is 7.79. The summed E-state index contributed by atoms with van der Waals surface area (Å²) in [6, 6.07) is 4.04. The zero-order valence-corrected chi connectivity index (χ0v) is 14.0. The van der Waals surface area contributed by atoms with Gasteiger partial charge in [-0.15, -0.1) is 11.8 Å². The molecule has 1 aromatic carbocycles. The second-order valence-corrected chi connectivity index (χ2v) is 7.73. The number of rotatable bonds is 5. The first kappa shape index (κ1) is 19.0.